The molecule has 20 heavy (non-hydrogen) atoms. The normalized spacial score (nSPS) is 10.3. The highest BCUT2D eigenvalue weighted by Crippen LogP contribution is 2.30. The van der Waals surface area contributed by atoms with Crippen molar-refractivity contribution in [1.29, 1.82) is 0 Å². The molecule has 0 unspecified atom stereocenters. The van der Waals surface area contributed by atoms with Crippen molar-refractivity contribution < 1.29 is 18.7 Å². The molecule has 0 aliphatic rings. The molecule has 0 saturated heterocycles. The summed E-state index contributed by atoms with van der Waals surface area (Å²) in [4.78, 5) is 10.3. The van der Waals surface area contributed by atoms with Crippen molar-refractivity contribution in [1.82, 2.24) is 10.2 Å². The Morgan fingerprint density at radius 3 is 2.50 bits per heavy atom. The van der Waals surface area contributed by atoms with Crippen molar-refractivity contribution in [3.63, 3.8) is 0 Å². The fourth-order valence-corrected chi connectivity index (χ4v) is 2.14. The fraction of sp³-hybridized carbons (Fsp3) is 0.308. The lowest BCUT2D eigenvalue weighted by atomic mass is 10.2. The van der Waals surface area contributed by atoms with Crippen LogP contribution in [0.4, 0.5) is 0 Å². The van der Waals surface area contributed by atoms with Gasteiger partial charge >= 0.3 is 0 Å². The van der Waals surface area contributed by atoms with Crippen LogP contribution < -0.4 is 9.47 Å². The number of aldehydes is 1. The third-order valence-electron chi connectivity index (χ3n) is 2.47. The van der Waals surface area contributed by atoms with Gasteiger partial charge in [0.15, 0.2) is 0 Å². The maximum absolute atomic E-state index is 10.3. The average molecular weight is 294 g/mol. The van der Waals surface area contributed by atoms with Gasteiger partial charge in [0.25, 0.3) is 5.22 Å². The summed E-state index contributed by atoms with van der Waals surface area (Å²) in [6.45, 7) is 0. The summed E-state index contributed by atoms with van der Waals surface area (Å²) in [7, 11) is 3.15. The summed E-state index contributed by atoms with van der Waals surface area (Å²) >= 11 is 1.35. The maximum Gasteiger partial charge on any atom is 0.276 e. The molecule has 0 N–H and O–H groups in total. The molecule has 0 aliphatic carbocycles. The summed E-state index contributed by atoms with van der Waals surface area (Å²) in [6, 6.07) is 5.34. The molecule has 6 nitrogen and oxygen atoms in total. The van der Waals surface area contributed by atoms with Gasteiger partial charge in [-0.15, -0.1) is 10.2 Å². The van der Waals surface area contributed by atoms with Gasteiger partial charge in [-0.2, -0.15) is 0 Å². The van der Waals surface area contributed by atoms with Crippen LogP contribution in [-0.4, -0.2) is 36.5 Å². The number of rotatable bonds is 7. The van der Waals surface area contributed by atoms with Gasteiger partial charge in [0.2, 0.25) is 5.89 Å². The largest absolute Gasteiger partial charge is 0.497 e. The monoisotopic (exact) mass is 294 g/mol. The number of hydrogen-bond acceptors (Lipinski definition) is 7. The van der Waals surface area contributed by atoms with Crippen molar-refractivity contribution in [2.24, 2.45) is 0 Å². The summed E-state index contributed by atoms with van der Waals surface area (Å²) in [5, 5.41) is 8.34. The van der Waals surface area contributed by atoms with E-state index in [9.17, 15) is 4.79 Å². The van der Waals surface area contributed by atoms with Crippen LogP contribution in [0, 0.1) is 0 Å². The Bertz CT molecular complexity index is 563. The van der Waals surface area contributed by atoms with Gasteiger partial charge in [-0.1, -0.05) is 11.8 Å². The van der Waals surface area contributed by atoms with E-state index in [1.54, 1.807) is 32.4 Å². The number of aromatic nitrogens is 2. The molecule has 1 aromatic heterocycles. The molecular formula is C13H14N2O4S. The third kappa shape index (κ3) is 3.51. The molecule has 2 aromatic rings. The van der Waals surface area contributed by atoms with Gasteiger partial charge in [0, 0.05) is 23.8 Å². The molecule has 0 bridgehead atoms. The molecule has 0 atom stereocenters. The van der Waals surface area contributed by atoms with Crippen LogP contribution in [-0.2, 0) is 4.79 Å². The minimum Gasteiger partial charge on any atom is -0.497 e. The Morgan fingerprint density at radius 2 is 1.90 bits per heavy atom. The number of nitrogens with zero attached hydrogens (tertiary/aromatic N) is 2. The highest BCUT2D eigenvalue weighted by Gasteiger charge is 2.11. The first-order valence-electron chi connectivity index (χ1n) is 5.90. The molecule has 7 heteroatoms. The third-order valence-corrected chi connectivity index (χ3v) is 3.32. The number of hydrogen-bond donors (Lipinski definition) is 0. The zero-order valence-corrected chi connectivity index (χ0v) is 12.0. The van der Waals surface area contributed by atoms with Crippen LogP contribution in [0.25, 0.3) is 11.5 Å². The Balaban J connectivity index is 2.20. The molecule has 0 spiro atoms. The van der Waals surface area contributed by atoms with Gasteiger partial charge in [-0.3, -0.25) is 0 Å². The topological polar surface area (TPSA) is 74.5 Å². The van der Waals surface area contributed by atoms with E-state index < -0.39 is 0 Å². The molecule has 0 amide bonds. The number of thioether (sulfide) groups is 1. The number of carbonyl (C=O) groups is 1. The highest BCUT2D eigenvalue weighted by molar-refractivity contribution is 7.99. The number of ether oxygens (including phenoxy) is 2. The lowest BCUT2D eigenvalue weighted by Crippen LogP contribution is -1.88. The van der Waals surface area contributed by atoms with E-state index in [4.69, 9.17) is 13.9 Å². The fourth-order valence-electron chi connectivity index (χ4n) is 1.51. The first-order chi connectivity index (χ1) is 9.76. The van der Waals surface area contributed by atoms with Crippen LogP contribution in [0.1, 0.15) is 6.42 Å². The Morgan fingerprint density at radius 1 is 1.20 bits per heavy atom. The van der Waals surface area contributed by atoms with Crippen molar-refractivity contribution in [2.75, 3.05) is 20.0 Å². The smallest absolute Gasteiger partial charge is 0.276 e. The van der Waals surface area contributed by atoms with Gasteiger partial charge < -0.3 is 18.7 Å². The van der Waals surface area contributed by atoms with E-state index in [2.05, 4.69) is 10.2 Å². The number of methoxy groups -OCH3 is 2. The molecule has 0 fully saturated rings. The van der Waals surface area contributed by atoms with Crippen LogP contribution in [0.2, 0.25) is 0 Å². The van der Waals surface area contributed by atoms with Gasteiger partial charge in [0.05, 0.1) is 14.2 Å². The van der Waals surface area contributed by atoms with Crippen LogP contribution in [0.15, 0.2) is 27.8 Å². The Kier molecular flexibility index (Phi) is 5.00. The van der Waals surface area contributed by atoms with E-state index >= 15 is 0 Å². The molecule has 106 valence electrons. The minimum atomic E-state index is 0.385. The minimum absolute atomic E-state index is 0.385. The summed E-state index contributed by atoms with van der Waals surface area (Å²) in [6.07, 6.45) is 1.31. The van der Waals surface area contributed by atoms with E-state index in [0.717, 1.165) is 11.8 Å². The second-order valence-electron chi connectivity index (χ2n) is 3.78. The number of carbonyl (C=O) groups excluding carboxylic acids is 1. The van der Waals surface area contributed by atoms with Crippen molar-refractivity contribution >= 4 is 18.0 Å². The zero-order valence-electron chi connectivity index (χ0n) is 11.2. The maximum atomic E-state index is 10.3. The average Bonchev–Trinajstić information content (AvgIpc) is 2.96. The first kappa shape index (κ1) is 14.4. The van der Waals surface area contributed by atoms with Crippen LogP contribution >= 0.6 is 11.8 Å². The molecule has 1 aromatic carbocycles. The van der Waals surface area contributed by atoms with E-state index in [0.29, 0.717) is 34.8 Å². The first-order valence-corrected chi connectivity index (χ1v) is 6.88. The quantitative estimate of drug-likeness (QED) is 0.441. The lowest BCUT2D eigenvalue weighted by Gasteiger charge is -2.05. The predicted octanol–water partition coefficient (Wildman–Crippen LogP) is 2.43. The van der Waals surface area contributed by atoms with Gasteiger partial charge in [-0.05, 0) is 12.1 Å². The predicted molar refractivity (Wildman–Crippen MR) is 74.2 cm³/mol. The Hall–Kier alpha value is -2.02. The summed E-state index contributed by atoms with van der Waals surface area (Å²) in [5.41, 5.74) is 0.718. The van der Waals surface area contributed by atoms with Gasteiger partial charge in [0.1, 0.15) is 17.8 Å². The molecule has 2 rings (SSSR count). The lowest BCUT2D eigenvalue weighted by molar-refractivity contribution is -0.107. The second kappa shape index (κ2) is 6.95. The van der Waals surface area contributed by atoms with Crippen molar-refractivity contribution in [3.05, 3.63) is 18.2 Å². The van der Waals surface area contributed by atoms with Crippen LogP contribution in [0.5, 0.6) is 11.5 Å². The standard InChI is InChI=1S/C13H14N2O4S/c1-17-10-6-9(7-11(8-10)18-2)12-14-15-13(19-12)20-5-3-4-16/h4,6-8H,3,5H2,1-2H3. The molecular weight excluding hydrogens is 280 g/mol. The number of benzene rings is 1. The SMILES string of the molecule is COc1cc(OC)cc(-c2nnc(SCCC=O)o2)c1. The van der Waals surface area contributed by atoms with E-state index in [1.165, 1.54) is 11.8 Å². The van der Waals surface area contributed by atoms with Gasteiger partial charge in [-0.25, -0.2) is 0 Å². The van der Waals surface area contributed by atoms with E-state index in [1.807, 2.05) is 0 Å². The second-order valence-corrected chi connectivity index (χ2v) is 4.82. The van der Waals surface area contributed by atoms with Crippen LogP contribution in [0.3, 0.4) is 0 Å². The zero-order chi connectivity index (χ0) is 14.4. The van der Waals surface area contributed by atoms with E-state index in [-0.39, 0.29) is 0 Å². The molecule has 0 aliphatic heterocycles. The van der Waals surface area contributed by atoms with Crippen molar-refractivity contribution in [3.8, 4) is 23.0 Å². The molecule has 0 saturated carbocycles. The summed E-state index contributed by atoms with van der Waals surface area (Å²) in [5.74, 6) is 2.29. The summed E-state index contributed by atoms with van der Waals surface area (Å²) < 4.78 is 15.9. The molecule has 0 radical (unpaired) electrons. The highest BCUT2D eigenvalue weighted by atomic mass is 32.2. The Labute approximate surface area is 120 Å². The molecule has 1 heterocycles. The van der Waals surface area contributed by atoms with Crippen molar-refractivity contribution in [2.45, 2.75) is 11.6 Å².